The smallest absolute Gasteiger partial charge is 0.313 e. The van der Waals surface area contributed by atoms with Crippen LogP contribution in [-0.4, -0.2) is 26.4 Å². The molecule has 3 rings (SSSR count). The standard InChI is InChI=1S/C11H10N2O3S2/c14-8(15)5-18-11-12-9-7(3-4-17-9)10(16)13(11)6-1-2-6/h3-4,6H,1-2,5H2,(H,14,15). The lowest BCUT2D eigenvalue weighted by molar-refractivity contribution is -0.133. The van der Waals surface area contributed by atoms with Gasteiger partial charge in [-0.1, -0.05) is 11.8 Å². The quantitative estimate of drug-likeness (QED) is 0.685. The topological polar surface area (TPSA) is 72.2 Å². The summed E-state index contributed by atoms with van der Waals surface area (Å²) in [6.07, 6.45) is 1.94. The van der Waals surface area contributed by atoms with Crippen molar-refractivity contribution in [2.24, 2.45) is 0 Å². The first-order valence-corrected chi connectivity index (χ1v) is 7.37. The molecule has 2 aromatic rings. The number of fused-ring (bicyclic) bond motifs is 1. The molecule has 0 amide bonds. The van der Waals surface area contributed by atoms with Gasteiger partial charge in [-0.2, -0.15) is 0 Å². The van der Waals surface area contributed by atoms with Gasteiger partial charge < -0.3 is 5.11 Å². The second-order valence-electron chi connectivity index (χ2n) is 4.12. The summed E-state index contributed by atoms with van der Waals surface area (Å²) < 4.78 is 1.66. The zero-order valence-corrected chi connectivity index (χ0v) is 11.0. The second-order valence-corrected chi connectivity index (χ2v) is 5.96. The predicted molar refractivity (Wildman–Crippen MR) is 70.5 cm³/mol. The van der Waals surface area contributed by atoms with Gasteiger partial charge in [0.15, 0.2) is 5.16 Å². The van der Waals surface area contributed by atoms with Crippen LogP contribution in [0.3, 0.4) is 0 Å². The number of hydrogen-bond acceptors (Lipinski definition) is 5. The molecule has 0 saturated heterocycles. The summed E-state index contributed by atoms with van der Waals surface area (Å²) in [6, 6.07) is 1.98. The van der Waals surface area contributed by atoms with Gasteiger partial charge in [-0.25, -0.2) is 4.98 Å². The fourth-order valence-corrected chi connectivity index (χ4v) is 3.38. The van der Waals surface area contributed by atoms with Crippen LogP contribution in [0.2, 0.25) is 0 Å². The van der Waals surface area contributed by atoms with Crippen molar-refractivity contribution in [2.45, 2.75) is 24.0 Å². The summed E-state index contributed by atoms with van der Waals surface area (Å²) in [7, 11) is 0. The Bertz CT molecular complexity index is 672. The molecule has 0 atom stereocenters. The third kappa shape index (κ3) is 2.04. The molecule has 1 fully saturated rings. The van der Waals surface area contributed by atoms with Crippen molar-refractivity contribution < 1.29 is 9.90 Å². The van der Waals surface area contributed by atoms with Gasteiger partial charge in [0.25, 0.3) is 5.56 Å². The van der Waals surface area contributed by atoms with Crippen LogP contribution >= 0.6 is 23.1 Å². The van der Waals surface area contributed by atoms with Gasteiger partial charge >= 0.3 is 5.97 Å². The maximum atomic E-state index is 12.3. The van der Waals surface area contributed by atoms with Crippen LogP contribution in [0, 0.1) is 0 Å². The van der Waals surface area contributed by atoms with E-state index < -0.39 is 5.97 Å². The molecule has 7 heteroatoms. The van der Waals surface area contributed by atoms with Crippen molar-refractivity contribution >= 4 is 39.3 Å². The molecule has 2 aromatic heterocycles. The second kappa shape index (κ2) is 4.40. The monoisotopic (exact) mass is 282 g/mol. The van der Waals surface area contributed by atoms with Crippen LogP contribution in [-0.2, 0) is 4.79 Å². The summed E-state index contributed by atoms with van der Waals surface area (Å²) in [5.41, 5.74) is -0.0448. The molecular formula is C11H10N2O3S2. The van der Waals surface area contributed by atoms with Gasteiger partial charge in [0.1, 0.15) is 4.83 Å². The third-order valence-electron chi connectivity index (χ3n) is 2.73. The fraction of sp³-hybridized carbons (Fsp3) is 0.364. The SMILES string of the molecule is O=C(O)CSc1nc2sccc2c(=O)n1C1CC1. The molecular weight excluding hydrogens is 272 g/mol. The lowest BCUT2D eigenvalue weighted by Gasteiger charge is -2.09. The van der Waals surface area contributed by atoms with Crippen molar-refractivity contribution in [1.29, 1.82) is 0 Å². The van der Waals surface area contributed by atoms with Gasteiger partial charge in [-0.3, -0.25) is 14.2 Å². The van der Waals surface area contributed by atoms with Crippen LogP contribution < -0.4 is 5.56 Å². The lowest BCUT2D eigenvalue weighted by Crippen LogP contribution is -2.22. The number of rotatable bonds is 4. The van der Waals surface area contributed by atoms with Crippen molar-refractivity contribution in [3.8, 4) is 0 Å². The van der Waals surface area contributed by atoms with E-state index in [0.29, 0.717) is 15.4 Å². The number of carboxylic acids is 1. The van der Waals surface area contributed by atoms with Gasteiger partial charge in [-0.05, 0) is 24.3 Å². The Balaban J connectivity index is 2.12. The molecule has 0 unspecified atom stereocenters. The molecule has 0 aromatic carbocycles. The van der Waals surface area contributed by atoms with Crippen molar-refractivity contribution in [1.82, 2.24) is 9.55 Å². The van der Waals surface area contributed by atoms with E-state index >= 15 is 0 Å². The van der Waals surface area contributed by atoms with E-state index in [0.717, 1.165) is 24.6 Å². The molecule has 94 valence electrons. The number of aromatic nitrogens is 2. The summed E-state index contributed by atoms with van der Waals surface area (Å²) in [5, 5.41) is 11.7. The summed E-state index contributed by atoms with van der Waals surface area (Å²) in [5.74, 6) is -0.973. The number of hydrogen-bond donors (Lipinski definition) is 1. The first-order valence-electron chi connectivity index (χ1n) is 5.51. The number of carbonyl (C=O) groups is 1. The molecule has 1 aliphatic carbocycles. The van der Waals surface area contributed by atoms with Crippen LogP contribution in [0.5, 0.6) is 0 Å². The van der Waals surface area contributed by atoms with Crippen LogP contribution in [0.4, 0.5) is 0 Å². The maximum Gasteiger partial charge on any atom is 0.313 e. The largest absolute Gasteiger partial charge is 0.481 e. The van der Waals surface area contributed by atoms with Gasteiger partial charge in [-0.15, -0.1) is 11.3 Å². The highest BCUT2D eigenvalue weighted by Crippen LogP contribution is 2.37. The van der Waals surface area contributed by atoms with Crippen LogP contribution in [0.25, 0.3) is 10.2 Å². The van der Waals surface area contributed by atoms with Gasteiger partial charge in [0, 0.05) is 6.04 Å². The van der Waals surface area contributed by atoms with Crippen molar-refractivity contribution in [3.63, 3.8) is 0 Å². The first kappa shape index (κ1) is 11.7. The zero-order chi connectivity index (χ0) is 12.7. The zero-order valence-electron chi connectivity index (χ0n) is 9.33. The van der Waals surface area contributed by atoms with E-state index in [1.165, 1.54) is 11.3 Å². The molecule has 1 aliphatic rings. The predicted octanol–water partition coefficient (Wildman–Crippen LogP) is 1.97. The maximum absolute atomic E-state index is 12.3. The Morgan fingerprint density at radius 2 is 2.39 bits per heavy atom. The molecule has 0 bridgehead atoms. The molecule has 5 nitrogen and oxygen atoms in total. The van der Waals surface area contributed by atoms with E-state index in [1.807, 2.05) is 5.38 Å². The number of nitrogens with zero attached hydrogens (tertiary/aromatic N) is 2. The Morgan fingerprint density at radius 1 is 1.61 bits per heavy atom. The van der Waals surface area contributed by atoms with Crippen LogP contribution in [0.15, 0.2) is 21.4 Å². The third-order valence-corrected chi connectivity index (χ3v) is 4.48. The number of aliphatic carboxylic acids is 1. The molecule has 0 spiro atoms. The number of carboxylic acid groups (broad SMARTS) is 1. The molecule has 18 heavy (non-hydrogen) atoms. The minimum atomic E-state index is -0.900. The highest BCUT2D eigenvalue weighted by Gasteiger charge is 2.28. The van der Waals surface area contributed by atoms with E-state index in [4.69, 9.17) is 5.11 Å². The molecule has 2 heterocycles. The average Bonchev–Trinajstić information content (AvgIpc) is 3.04. The van der Waals surface area contributed by atoms with E-state index in [1.54, 1.807) is 10.6 Å². The normalized spacial score (nSPS) is 15.1. The Kier molecular flexibility index (Phi) is 2.87. The minimum absolute atomic E-state index is 0.0448. The lowest BCUT2D eigenvalue weighted by atomic mass is 10.4. The molecule has 1 saturated carbocycles. The Labute approximate surface area is 110 Å². The van der Waals surface area contributed by atoms with Crippen molar-refractivity contribution in [3.05, 3.63) is 21.8 Å². The summed E-state index contributed by atoms with van der Waals surface area (Å²) in [4.78, 5) is 28.0. The molecule has 0 aliphatic heterocycles. The molecule has 1 N–H and O–H groups in total. The van der Waals surface area contributed by atoms with Gasteiger partial charge in [0.05, 0.1) is 11.1 Å². The Morgan fingerprint density at radius 3 is 3.06 bits per heavy atom. The minimum Gasteiger partial charge on any atom is -0.481 e. The number of thiophene rings is 1. The van der Waals surface area contributed by atoms with E-state index in [2.05, 4.69) is 4.98 Å². The highest BCUT2D eigenvalue weighted by molar-refractivity contribution is 7.99. The van der Waals surface area contributed by atoms with Gasteiger partial charge in [0.2, 0.25) is 0 Å². The number of thioether (sulfide) groups is 1. The van der Waals surface area contributed by atoms with Crippen LogP contribution in [0.1, 0.15) is 18.9 Å². The summed E-state index contributed by atoms with van der Waals surface area (Å²) >= 11 is 2.52. The molecule has 0 radical (unpaired) electrons. The van der Waals surface area contributed by atoms with E-state index in [-0.39, 0.29) is 17.4 Å². The summed E-state index contributed by atoms with van der Waals surface area (Å²) in [6.45, 7) is 0. The Hall–Kier alpha value is -1.34. The highest BCUT2D eigenvalue weighted by atomic mass is 32.2. The average molecular weight is 282 g/mol. The van der Waals surface area contributed by atoms with E-state index in [9.17, 15) is 9.59 Å². The first-order chi connectivity index (χ1) is 8.66. The fourth-order valence-electron chi connectivity index (χ4n) is 1.79. The van der Waals surface area contributed by atoms with Crippen molar-refractivity contribution in [2.75, 3.05) is 5.75 Å².